The van der Waals surface area contributed by atoms with Gasteiger partial charge in [-0.2, -0.15) is 5.10 Å². The first-order chi connectivity index (χ1) is 11.3. The van der Waals surface area contributed by atoms with Gasteiger partial charge in [0, 0.05) is 25.9 Å². The lowest BCUT2D eigenvalue weighted by Gasteiger charge is -2.33. The van der Waals surface area contributed by atoms with E-state index >= 15 is 0 Å². The van der Waals surface area contributed by atoms with Crippen molar-refractivity contribution >= 4 is 28.5 Å². The van der Waals surface area contributed by atoms with E-state index in [0.29, 0.717) is 5.02 Å². The van der Waals surface area contributed by atoms with Gasteiger partial charge in [-0.05, 0) is 12.1 Å². The summed E-state index contributed by atoms with van der Waals surface area (Å²) in [6.07, 6.45) is 5.37. The molecule has 0 spiro atoms. The Morgan fingerprint density at radius 2 is 2.00 bits per heavy atom. The largest absolute Gasteiger partial charge is 0.489 e. The number of hydrogen-bond acceptors (Lipinski definition) is 5. The molecule has 1 aliphatic heterocycles. The lowest BCUT2D eigenvalue weighted by molar-refractivity contribution is 0.171. The highest BCUT2D eigenvalue weighted by Gasteiger charge is 2.23. The van der Waals surface area contributed by atoms with Crippen molar-refractivity contribution in [3.63, 3.8) is 0 Å². The minimum Gasteiger partial charge on any atom is -0.489 e. The molecule has 1 aliphatic rings. The molecule has 118 valence electrons. The molecule has 0 bridgehead atoms. The van der Waals surface area contributed by atoms with Gasteiger partial charge in [-0.15, -0.1) is 0 Å². The smallest absolute Gasteiger partial charge is 0.160 e. The molecule has 0 amide bonds. The van der Waals surface area contributed by atoms with Gasteiger partial charge in [0.2, 0.25) is 0 Å². The fourth-order valence-electron chi connectivity index (χ4n) is 2.91. The molecular formula is C16H16ClN5O. The van der Waals surface area contributed by atoms with E-state index in [2.05, 4.69) is 25.1 Å². The van der Waals surface area contributed by atoms with Crippen molar-refractivity contribution < 1.29 is 4.74 Å². The lowest BCUT2D eigenvalue weighted by Crippen LogP contribution is -2.38. The molecule has 4 rings (SSSR count). The van der Waals surface area contributed by atoms with Crippen LogP contribution < -0.4 is 9.64 Å². The molecule has 3 heterocycles. The summed E-state index contributed by atoms with van der Waals surface area (Å²) < 4.78 is 6.03. The number of fused-ring (bicyclic) bond motifs is 1. The van der Waals surface area contributed by atoms with Crippen LogP contribution in [0, 0.1) is 0 Å². The van der Waals surface area contributed by atoms with Gasteiger partial charge in [-0.1, -0.05) is 23.7 Å². The van der Waals surface area contributed by atoms with Crippen LogP contribution in [0.2, 0.25) is 5.02 Å². The Kier molecular flexibility index (Phi) is 3.75. The number of para-hydroxylation sites is 1. The van der Waals surface area contributed by atoms with E-state index in [0.717, 1.165) is 48.5 Å². The number of halogens is 1. The highest BCUT2D eigenvalue weighted by atomic mass is 35.5. The second-order valence-electron chi connectivity index (χ2n) is 5.56. The van der Waals surface area contributed by atoms with Crippen LogP contribution in [0.25, 0.3) is 11.0 Å². The standard InChI is InChI=1S/C16H16ClN5O/c17-13-3-1-2-4-14(13)23-11-5-7-22(8-6-11)16-12-9-20-21-15(12)18-10-19-16/h1-4,9-11H,5-8H2,(H,18,19,20,21). The van der Waals surface area contributed by atoms with Gasteiger partial charge in [0.1, 0.15) is 24.0 Å². The summed E-state index contributed by atoms with van der Waals surface area (Å²) in [5.74, 6) is 1.69. The molecule has 0 radical (unpaired) electrons. The molecule has 0 aliphatic carbocycles. The Balaban J connectivity index is 1.45. The van der Waals surface area contributed by atoms with Gasteiger partial charge in [0.25, 0.3) is 0 Å². The number of nitrogens with one attached hydrogen (secondary N) is 1. The summed E-state index contributed by atoms with van der Waals surface area (Å²) in [7, 11) is 0. The molecular weight excluding hydrogens is 314 g/mol. The summed E-state index contributed by atoms with van der Waals surface area (Å²) >= 11 is 6.16. The first-order valence-electron chi connectivity index (χ1n) is 7.61. The topological polar surface area (TPSA) is 66.9 Å². The van der Waals surface area contributed by atoms with Crippen LogP contribution in [0.3, 0.4) is 0 Å². The summed E-state index contributed by atoms with van der Waals surface area (Å²) in [4.78, 5) is 10.9. The Labute approximate surface area is 138 Å². The van der Waals surface area contributed by atoms with Gasteiger partial charge in [-0.25, -0.2) is 9.97 Å². The normalized spacial score (nSPS) is 16.0. The number of hydrogen-bond donors (Lipinski definition) is 1. The number of anilines is 1. The van der Waals surface area contributed by atoms with E-state index in [1.54, 1.807) is 12.5 Å². The fourth-order valence-corrected chi connectivity index (χ4v) is 3.09. The van der Waals surface area contributed by atoms with Crippen molar-refractivity contribution in [2.75, 3.05) is 18.0 Å². The maximum absolute atomic E-state index is 6.16. The first-order valence-corrected chi connectivity index (χ1v) is 7.99. The number of rotatable bonds is 3. The molecule has 7 heteroatoms. The molecule has 23 heavy (non-hydrogen) atoms. The first kappa shape index (κ1) is 14.3. The summed E-state index contributed by atoms with van der Waals surface area (Å²) in [6.45, 7) is 1.76. The third kappa shape index (κ3) is 2.82. The van der Waals surface area contributed by atoms with Crippen molar-refractivity contribution in [3.8, 4) is 5.75 Å². The number of aromatic amines is 1. The van der Waals surface area contributed by atoms with Gasteiger partial charge in [0.15, 0.2) is 5.65 Å². The number of aromatic nitrogens is 4. The lowest BCUT2D eigenvalue weighted by atomic mass is 10.1. The van der Waals surface area contributed by atoms with Crippen LogP contribution in [0.15, 0.2) is 36.8 Å². The number of ether oxygens (including phenoxy) is 1. The predicted octanol–water partition coefficient (Wildman–Crippen LogP) is 3.05. The molecule has 6 nitrogen and oxygen atoms in total. The molecule has 1 fully saturated rings. The molecule has 1 saturated heterocycles. The molecule has 0 unspecified atom stereocenters. The molecule has 2 aromatic heterocycles. The molecule has 1 aromatic carbocycles. The van der Waals surface area contributed by atoms with Crippen molar-refractivity contribution in [2.45, 2.75) is 18.9 Å². The van der Waals surface area contributed by atoms with Crippen molar-refractivity contribution in [1.82, 2.24) is 20.2 Å². The quantitative estimate of drug-likeness (QED) is 0.800. The van der Waals surface area contributed by atoms with Crippen LogP contribution in [0.1, 0.15) is 12.8 Å². The monoisotopic (exact) mass is 329 g/mol. The van der Waals surface area contributed by atoms with Crippen LogP contribution in [0.4, 0.5) is 5.82 Å². The third-order valence-electron chi connectivity index (χ3n) is 4.10. The Morgan fingerprint density at radius 3 is 2.83 bits per heavy atom. The van der Waals surface area contributed by atoms with E-state index in [-0.39, 0.29) is 6.10 Å². The minimum atomic E-state index is 0.174. The van der Waals surface area contributed by atoms with Crippen LogP contribution in [-0.2, 0) is 0 Å². The van der Waals surface area contributed by atoms with Crippen molar-refractivity contribution in [1.29, 1.82) is 0 Å². The SMILES string of the molecule is Clc1ccccc1OC1CCN(c2ncnc3[nH]ncc23)CC1. The molecule has 0 saturated carbocycles. The van der Waals surface area contributed by atoms with E-state index in [9.17, 15) is 0 Å². The zero-order chi connectivity index (χ0) is 15.6. The second-order valence-corrected chi connectivity index (χ2v) is 5.97. The Bertz CT molecular complexity index is 813. The van der Waals surface area contributed by atoms with Gasteiger partial charge in [-0.3, -0.25) is 5.10 Å². The zero-order valence-corrected chi connectivity index (χ0v) is 13.2. The average molecular weight is 330 g/mol. The third-order valence-corrected chi connectivity index (χ3v) is 4.41. The Hall–Kier alpha value is -2.34. The zero-order valence-electron chi connectivity index (χ0n) is 12.4. The maximum atomic E-state index is 6.16. The minimum absolute atomic E-state index is 0.174. The summed E-state index contributed by atoms with van der Waals surface area (Å²) in [6, 6.07) is 7.60. The number of H-pyrrole nitrogens is 1. The van der Waals surface area contributed by atoms with E-state index in [1.165, 1.54) is 0 Å². The van der Waals surface area contributed by atoms with Gasteiger partial charge < -0.3 is 9.64 Å². The Morgan fingerprint density at radius 1 is 1.17 bits per heavy atom. The van der Waals surface area contributed by atoms with Crippen molar-refractivity contribution in [2.24, 2.45) is 0 Å². The fraction of sp³-hybridized carbons (Fsp3) is 0.312. The number of piperidine rings is 1. The summed E-state index contributed by atoms with van der Waals surface area (Å²) in [5.41, 5.74) is 0.768. The van der Waals surface area contributed by atoms with E-state index in [4.69, 9.17) is 16.3 Å². The van der Waals surface area contributed by atoms with Gasteiger partial charge in [0.05, 0.1) is 16.6 Å². The predicted molar refractivity (Wildman–Crippen MR) is 89.0 cm³/mol. The molecule has 1 N–H and O–H groups in total. The molecule has 3 aromatic rings. The summed E-state index contributed by atoms with van der Waals surface area (Å²) in [5, 5.41) is 8.54. The van der Waals surface area contributed by atoms with E-state index < -0.39 is 0 Å². The maximum Gasteiger partial charge on any atom is 0.160 e. The number of benzene rings is 1. The van der Waals surface area contributed by atoms with Crippen LogP contribution >= 0.6 is 11.6 Å². The molecule has 0 atom stereocenters. The highest BCUT2D eigenvalue weighted by molar-refractivity contribution is 6.32. The van der Waals surface area contributed by atoms with Crippen LogP contribution in [-0.4, -0.2) is 39.4 Å². The average Bonchev–Trinajstić information content (AvgIpc) is 3.06. The number of nitrogens with zero attached hydrogens (tertiary/aromatic N) is 4. The van der Waals surface area contributed by atoms with Crippen LogP contribution in [0.5, 0.6) is 5.75 Å². The van der Waals surface area contributed by atoms with Crippen molar-refractivity contribution in [3.05, 3.63) is 41.8 Å². The second kappa shape index (κ2) is 6.04. The highest BCUT2D eigenvalue weighted by Crippen LogP contribution is 2.29. The van der Waals surface area contributed by atoms with Gasteiger partial charge >= 0.3 is 0 Å². The van der Waals surface area contributed by atoms with E-state index in [1.807, 2.05) is 24.3 Å².